The van der Waals surface area contributed by atoms with Crippen LogP contribution in [0.25, 0.3) is 0 Å². The predicted molar refractivity (Wildman–Crippen MR) is 79.1 cm³/mol. The van der Waals surface area contributed by atoms with E-state index in [2.05, 4.69) is 37.0 Å². The van der Waals surface area contributed by atoms with E-state index >= 15 is 0 Å². The van der Waals surface area contributed by atoms with E-state index in [1.165, 1.54) is 5.56 Å². The highest BCUT2D eigenvalue weighted by Gasteiger charge is 2.30. The fourth-order valence-electron chi connectivity index (χ4n) is 2.40. The number of para-hydroxylation sites is 1. The van der Waals surface area contributed by atoms with Crippen LogP contribution in [-0.4, -0.2) is 16.7 Å². The maximum absolute atomic E-state index is 6.16. The van der Waals surface area contributed by atoms with Gasteiger partial charge in [-0.25, -0.2) is 0 Å². The first-order chi connectivity index (χ1) is 9.95. The van der Waals surface area contributed by atoms with E-state index in [-0.39, 0.29) is 17.4 Å². The monoisotopic (exact) mass is 287 g/mol. The lowest BCUT2D eigenvalue weighted by molar-refractivity contribution is 0.244. The van der Waals surface area contributed by atoms with Crippen LogP contribution in [0.15, 0.2) is 28.8 Å². The Morgan fingerprint density at radius 2 is 2.05 bits per heavy atom. The van der Waals surface area contributed by atoms with Gasteiger partial charge in [-0.3, -0.25) is 0 Å². The molecule has 1 aromatic carbocycles. The van der Waals surface area contributed by atoms with Gasteiger partial charge in [-0.15, -0.1) is 0 Å². The molecule has 2 atom stereocenters. The Morgan fingerprint density at radius 3 is 2.81 bits per heavy atom. The van der Waals surface area contributed by atoms with Crippen molar-refractivity contribution in [2.75, 3.05) is 6.61 Å². The number of aromatic nitrogens is 2. The quantitative estimate of drug-likeness (QED) is 0.919. The highest BCUT2D eigenvalue weighted by molar-refractivity contribution is 5.36. The Labute approximate surface area is 124 Å². The third-order valence-electron chi connectivity index (χ3n) is 3.90. The highest BCUT2D eigenvalue weighted by Crippen LogP contribution is 2.33. The zero-order valence-electron chi connectivity index (χ0n) is 12.7. The van der Waals surface area contributed by atoms with Gasteiger partial charge in [-0.1, -0.05) is 44.1 Å². The SMILES string of the molecule is CC(C)(C)[C@H](N)c1nc(C2COc3ccccc3C2)no1. The first-order valence-electron chi connectivity index (χ1n) is 7.25. The lowest BCUT2D eigenvalue weighted by Crippen LogP contribution is -2.26. The molecule has 2 aromatic rings. The number of hydrogen-bond acceptors (Lipinski definition) is 5. The van der Waals surface area contributed by atoms with E-state index in [1.807, 2.05) is 18.2 Å². The summed E-state index contributed by atoms with van der Waals surface area (Å²) in [6.45, 7) is 6.74. The Balaban J connectivity index is 1.79. The minimum atomic E-state index is -0.268. The minimum absolute atomic E-state index is 0.112. The molecular weight excluding hydrogens is 266 g/mol. The van der Waals surface area contributed by atoms with Crippen LogP contribution in [-0.2, 0) is 6.42 Å². The first kappa shape index (κ1) is 14.1. The number of rotatable bonds is 2. The Bertz CT molecular complexity index is 630. The van der Waals surface area contributed by atoms with Gasteiger partial charge in [-0.05, 0) is 23.5 Å². The molecule has 0 spiro atoms. The van der Waals surface area contributed by atoms with E-state index < -0.39 is 0 Å². The minimum Gasteiger partial charge on any atom is -0.493 e. The van der Waals surface area contributed by atoms with Gasteiger partial charge in [0.1, 0.15) is 5.75 Å². The van der Waals surface area contributed by atoms with Crippen molar-refractivity contribution >= 4 is 0 Å². The van der Waals surface area contributed by atoms with Crippen LogP contribution >= 0.6 is 0 Å². The first-order valence-corrected chi connectivity index (χ1v) is 7.25. The average molecular weight is 287 g/mol. The molecule has 0 saturated carbocycles. The molecule has 1 aliphatic heterocycles. The summed E-state index contributed by atoms with van der Waals surface area (Å²) in [5, 5.41) is 4.10. The molecule has 112 valence electrons. The van der Waals surface area contributed by atoms with Crippen LogP contribution in [0.2, 0.25) is 0 Å². The molecule has 21 heavy (non-hydrogen) atoms. The number of ether oxygens (including phenoxy) is 1. The Kier molecular flexibility index (Phi) is 3.45. The van der Waals surface area contributed by atoms with Crippen molar-refractivity contribution in [3.63, 3.8) is 0 Å². The second-order valence-electron chi connectivity index (χ2n) is 6.65. The van der Waals surface area contributed by atoms with Crippen LogP contribution in [0.3, 0.4) is 0 Å². The molecule has 2 N–H and O–H groups in total. The van der Waals surface area contributed by atoms with Crippen LogP contribution in [0.4, 0.5) is 0 Å². The van der Waals surface area contributed by atoms with E-state index in [0.29, 0.717) is 18.3 Å². The van der Waals surface area contributed by atoms with Crippen molar-refractivity contribution in [3.05, 3.63) is 41.5 Å². The summed E-state index contributed by atoms with van der Waals surface area (Å²) in [5.41, 5.74) is 7.23. The van der Waals surface area contributed by atoms with Crippen molar-refractivity contribution in [1.29, 1.82) is 0 Å². The largest absolute Gasteiger partial charge is 0.493 e. The summed E-state index contributed by atoms with van der Waals surface area (Å²) in [7, 11) is 0. The molecule has 0 aliphatic carbocycles. The Morgan fingerprint density at radius 1 is 1.29 bits per heavy atom. The van der Waals surface area contributed by atoms with E-state index in [9.17, 15) is 0 Å². The highest BCUT2D eigenvalue weighted by atomic mass is 16.5. The van der Waals surface area contributed by atoms with Crippen LogP contribution in [0.5, 0.6) is 5.75 Å². The Hall–Kier alpha value is -1.88. The van der Waals surface area contributed by atoms with Gasteiger partial charge in [0.15, 0.2) is 5.82 Å². The summed E-state index contributed by atoms with van der Waals surface area (Å²) in [5.74, 6) is 2.24. The van der Waals surface area contributed by atoms with E-state index in [1.54, 1.807) is 0 Å². The molecule has 0 saturated heterocycles. The maximum atomic E-state index is 6.16. The second-order valence-corrected chi connectivity index (χ2v) is 6.65. The molecule has 0 amide bonds. The van der Waals surface area contributed by atoms with Gasteiger partial charge in [0.05, 0.1) is 18.6 Å². The lowest BCUT2D eigenvalue weighted by Gasteiger charge is -2.24. The molecule has 1 aromatic heterocycles. The number of nitrogens with zero attached hydrogens (tertiary/aromatic N) is 2. The summed E-state index contributed by atoms with van der Waals surface area (Å²) in [4.78, 5) is 4.49. The number of hydrogen-bond donors (Lipinski definition) is 1. The maximum Gasteiger partial charge on any atom is 0.244 e. The molecule has 0 fully saturated rings. The molecule has 1 unspecified atom stereocenters. The van der Waals surface area contributed by atoms with Gasteiger partial charge in [0.2, 0.25) is 5.89 Å². The summed E-state index contributed by atoms with van der Waals surface area (Å²) >= 11 is 0. The predicted octanol–water partition coefficient (Wildman–Crippen LogP) is 2.83. The fourth-order valence-corrected chi connectivity index (χ4v) is 2.40. The van der Waals surface area contributed by atoms with Gasteiger partial charge < -0.3 is 15.0 Å². The standard InChI is InChI=1S/C16H21N3O2/c1-16(2,3)13(17)15-18-14(19-21-15)11-8-10-6-4-5-7-12(10)20-9-11/h4-7,11,13H,8-9,17H2,1-3H3/t11?,13-/m1/s1. The van der Waals surface area contributed by atoms with Crippen molar-refractivity contribution < 1.29 is 9.26 Å². The molecule has 0 radical (unpaired) electrons. The topological polar surface area (TPSA) is 74.2 Å². The summed E-state index contributed by atoms with van der Waals surface area (Å²) in [6, 6.07) is 7.79. The molecule has 2 heterocycles. The summed E-state index contributed by atoms with van der Waals surface area (Å²) < 4.78 is 11.1. The van der Waals surface area contributed by atoms with Gasteiger partial charge in [0.25, 0.3) is 0 Å². The molecular formula is C16H21N3O2. The van der Waals surface area contributed by atoms with Gasteiger partial charge in [-0.2, -0.15) is 4.98 Å². The molecule has 5 nitrogen and oxygen atoms in total. The zero-order chi connectivity index (χ0) is 15.0. The van der Waals surface area contributed by atoms with Crippen molar-refractivity contribution in [2.24, 2.45) is 11.1 Å². The number of fused-ring (bicyclic) bond motifs is 1. The third kappa shape index (κ3) is 2.78. The molecule has 3 rings (SSSR count). The summed E-state index contributed by atoms with van der Waals surface area (Å²) in [6.07, 6.45) is 0.861. The van der Waals surface area contributed by atoms with Gasteiger partial charge in [0, 0.05) is 0 Å². The van der Waals surface area contributed by atoms with Crippen molar-refractivity contribution in [1.82, 2.24) is 10.1 Å². The lowest BCUT2D eigenvalue weighted by atomic mass is 9.87. The molecule has 0 bridgehead atoms. The van der Waals surface area contributed by atoms with Gasteiger partial charge >= 0.3 is 0 Å². The van der Waals surface area contributed by atoms with E-state index in [4.69, 9.17) is 15.0 Å². The van der Waals surface area contributed by atoms with Crippen LogP contribution in [0.1, 0.15) is 50.0 Å². The van der Waals surface area contributed by atoms with Crippen molar-refractivity contribution in [3.8, 4) is 5.75 Å². The average Bonchev–Trinajstić information content (AvgIpc) is 2.94. The molecule has 5 heteroatoms. The zero-order valence-corrected chi connectivity index (χ0v) is 12.7. The smallest absolute Gasteiger partial charge is 0.244 e. The number of nitrogens with two attached hydrogens (primary N) is 1. The van der Waals surface area contributed by atoms with Crippen LogP contribution in [0, 0.1) is 5.41 Å². The second kappa shape index (κ2) is 5.15. The van der Waals surface area contributed by atoms with Crippen molar-refractivity contribution in [2.45, 2.75) is 39.2 Å². The fraction of sp³-hybridized carbons (Fsp3) is 0.500. The van der Waals surface area contributed by atoms with Crippen LogP contribution < -0.4 is 10.5 Å². The van der Waals surface area contributed by atoms with E-state index in [0.717, 1.165) is 12.2 Å². The number of benzene rings is 1. The molecule has 1 aliphatic rings. The third-order valence-corrected chi connectivity index (χ3v) is 3.90. The normalized spacial score (nSPS) is 19.7.